The monoisotopic (exact) mass is 543 g/mol. The molecule has 0 saturated heterocycles. The van der Waals surface area contributed by atoms with Crippen LogP contribution in [-0.2, 0) is 9.59 Å². The molecule has 3 aromatic carbocycles. The second kappa shape index (κ2) is 16.9. The van der Waals surface area contributed by atoms with Gasteiger partial charge >= 0.3 is 5.97 Å². The predicted octanol–water partition coefficient (Wildman–Crippen LogP) is 6.85. The molecule has 0 aliphatic carbocycles. The minimum atomic E-state index is -0.479. The van der Waals surface area contributed by atoms with Crippen LogP contribution >= 0.6 is 0 Å². The number of aryl methyl sites for hydroxylation is 1. The lowest BCUT2D eigenvalue weighted by Crippen LogP contribution is -2.34. The molecule has 40 heavy (non-hydrogen) atoms. The SMILES string of the molecule is CCCCCCCCCCCC(=O)NCC(=O)N/N=C\c1c(OC(=O)c2cccc(C)c2)ccc2ccccc12. The Kier molecular flexibility index (Phi) is 12.9. The number of hydrazone groups is 1. The molecule has 0 saturated carbocycles. The molecule has 0 aliphatic rings. The molecule has 0 heterocycles. The van der Waals surface area contributed by atoms with E-state index >= 15 is 0 Å². The first-order valence-electron chi connectivity index (χ1n) is 14.4. The number of hydrogen-bond acceptors (Lipinski definition) is 5. The van der Waals surface area contributed by atoms with Crippen molar-refractivity contribution in [2.75, 3.05) is 6.54 Å². The van der Waals surface area contributed by atoms with Crippen LogP contribution in [0.2, 0.25) is 0 Å². The standard InChI is InChI=1S/C33H41N3O4/c1-3-4-5-6-7-8-9-10-11-19-31(37)34-24-32(38)36-35-23-29-28-18-13-12-16-26(28)20-21-30(29)40-33(39)27-17-14-15-25(2)22-27/h12-18,20-23H,3-11,19,24H2,1-2H3,(H,34,37)(H,36,38)/b35-23-. The van der Waals surface area contributed by atoms with Crippen LogP contribution in [0.1, 0.15) is 92.6 Å². The zero-order valence-corrected chi connectivity index (χ0v) is 23.7. The number of carbonyl (C=O) groups is 3. The number of ether oxygens (including phenoxy) is 1. The van der Waals surface area contributed by atoms with Crippen LogP contribution in [0, 0.1) is 6.92 Å². The van der Waals surface area contributed by atoms with E-state index in [0.717, 1.165) is 35.6 Å². The fraction of sp³-hybridized carbons (Fsp3) is 0.394. The van der Waals surface area contributed by atoms with E-state index in [2.05, 4.69) is 22.8 Å². The third kappa shape index (κ3) is 10.3. The lowest BCUT2D eigenvalue weighted by Gasteiger charge is -2.11. The van der Waals surface area contributed by atoms with Crippen LogP contribution in [0.3, 0.4) is 0 Å². The zero-order valence-electron chi connectivity index (χ0n) is 23.7. The number of rotatable bonds is 16. The summed E-state index contributed by atoms with van der Waals surface area (Å²) in [5, 5.41) is 8.49. The Morgan fingerprint density at radius 1 is 0.825 bits per heavy atom. The molecular weight excluding hydrogens is 502 g/mol. The quantitative estimate of drug-likeness (QED) is 0.0678. The first kappa shape index (κ1) is 30.5. The molecule has 3 rings (SSSR count). The van der Waals surface area contributed by atoms with Gasteiger partial charge in [0.2, 0.25) is 5.91 Å². The summed E-state index contributed by atoms with van der Waals surface area (Å²) < 4.78 is 5.72. The molecule has 212 valence electrons. The number of esters is 1. The van der Waals surface area contributed by atoms with E-state index in [9.17, 15) is 14.4 Å². The second-order valence-corrected chi connectivity index (χ2v) is 10.1. The van der Waals surface area contributed by atoms with Crippen molar-refractivity contribution in [1.29, 1.82) is 0 Å². The zero-order chi connectivity index (χ0) is 28.6. The van der Waals surface area contributed by atoms with Gasteiger partial charge in [0.15, 0.2) is 0 Å². The maximum Gasteiger partial charge on any atom is 0.343 e. The summed E-state index contributed by atoms with van der Waals surface area (Å²) in [5.41, 5.74) is 4.42. The molecular formula is C33H41N3O4. The maximum atomic E-state index is 12.8. The lowest BCUT2D eigenvalue weighted by atomic mass is 10.0. The molecule has 0 unspecified atom stereocenters. The van der Waals surface area contributed by atoms with Gasteiger partial charge in [-0.3, -0.25) is 9.59 Å². The van der Waals surface area contributed by atoms with E-state index in [4.69, 9.17) is 4.74 Å². The van der Waals surface area contributed by atoms with Crippen molar-refractivity contribution in [1.82, 2.24) is 10.7 Å². The molecule has 0 radical (unpaired) electrons. The highest BCUT2D eigenvalue weighted by molar-refractivity contribution is 6.04. The molecule has 0 aromatic heterocycles. The first-order chi connectivity index (χ1) is 19.5. The first-order valence-corrected chi connectivity index (χ1v) is 14.4. The lowest BCUT2D eigenvalue weighted by molar-refractivity contribution is -0.126. The molecule has 7 heteroatoms. The van der Waals surface area contributed by atoms with Crippen LogP contribution in [0.4, 0.5) is 0 Å². The van der Waals surface area contributed by atoms with Crippen molar-refractivity contribution in [2.24, 2.45) is 5.10 Å². The summed E-state index contributed by atoms with van der Waals surface area (Å²) in [6.45, 7) is 3.98. The third-order valence-corrected chi connectivity index (χ3v) is 6.72. The number of carbonyl (C=O) groups excluding carboxylic acids is 3. The average Bonchev–Trinajstić information content (AvgIpc) is 2.96. The van der Waals surface area contributed by atoms with Crippen LogP contribution < -0.4 is 15.5 Å². The van der Waals surface area contributed by atoms with Gasteiger partial charge < -0.3 is 10.1 Å². The van der Waals surface area contributed by atoms with Crippen molar-refractivity contribution >= 4 is 34.8 Å². The Morgan fingerprint density at radius 3 is 2.30 bits per heavy atom. The van der Waals surface area contributed by atoms with Crippen LogP contribution in [0.25, 0.3) is 10.8 Å². The predicted molar refractivity (Wildman–Crippen MR) is 161 cm³/mol. The minimum Gasteiger partial charge on any atom is -0.422 e. The molecule has 2 amide bonds. The smallest absolute Gasteiger partial charge is 0.343 e. The van der Waals surface area contributed by atoms with Gasteiger partial charge in [-0.25, -0.2) is 10.2 Å². The Labute approximate surface area is 237 Å². The van der Waals surface area contributed by atoms with Crippen molar-refractivity contribution < 1.29 is 19.1 Å². The Morgan fingerprint density at radius 2 is 1.55 bits per heavy atom. The number of unbranched alkanes of at least 4 members (excludes halogenated alkanes) is 8. The van der Waals surface area contributed by atoms with Crippen LogP contribution in [0.5, 0.6) is 5.75 Å². The van der Waals surface area contributed by atoms with Gasteiger partial charge in [-0.05, 0) is 42.3 Å². The topological polar surface area (TPSA) is 96.9 Å². The molecule has 0 bridgehead atoms. The van der Waals surface area contributed by atoms with Crippen molar-refractivity contribution in [3.8, 4) is 5.75 Å². The van der Waals surface area contributed by atoms with Gasteiger partial charge in [0.1, 0.15) is 5.75 Å². The molecule has 0 atom stereocenters. The van der Waals surface area contributed by atoms with Crippen molar-refractivity contribution in [3.63, 3.8) is 0 Å². The van der Waals surface area contributed by atoms with Gasteiger partial charge in [-0.2, -0.15) is 5.10 Å². The van der Waals surface area contributed by atoms with E-state index in [1.54, 1.807) is 24.3 Å². The summed E-state index contributed by atoms with van der Waals surface area (Å²) in [6, 6.07) is 18.4. The van der Waals surface area contributed by atoms with Crippen LogP contribution in [0.15, 0.2) is 65.8 Å². The number of nitrogens with zero attached hydrogens (tertiary/aromatic N) is 1. The largest absolute Gasteiger partial charge is 0.422 e. The summed E-state index contributed by atoms with van der Waals surface area (Å²) in [5.74, 6) is -0.721. The molecule has 0 spiro atoms. The number of nitrogens with one attached hydrogen (secondary N) is 2. The number of fused-ring (bicyclic) bond motifs is 1. The summed E-state index contributed by atoms with van der Waals surface area (Å²) in [6.07, 6.45) is 12.5. The molecule has 3 aromatic rings. The van der Waals surface area contributed by atoms with Crippen LogP contribution in [-0.4, -0.2) is 30.5 Å². The van der Waals surface area contributed by atoms with E-state index in [0.29, 0.717) is 23.3 Å². The summed E-state index contributed by atoms with van der Waals surface area (Å²) in [4.78, 5) is 37.2. The molecule has 7 nitrogen and oxygen atoms in total. The normalized spacial score (nSPS) is 11.1. The highest BCUT2D eigenvalue weighted by Gasteiger charge is 2.14. The van der Waals surface area contributed by atoms with Gasteiger partial charge in [-0.1, -0.05) is 106 Å². The average molecular weight is 544 g/mol. The Bertz CT molecular complexity index is 1300. The minimum absolute atomic E-state index is 0.138. The Hall–Kier alpha value is -4.00. The molecule has 0 aliphatic heterocycles. The van der Waals surface area contributed by atoms with E-state index in [1.807, 2.05) is 43.3 Å². The number of hydrogen-bond donors (Lipinski definition) is 2. The highest BCUT2D eigenvalue weighted by Crippen LogP contribution is 2.27. The van der Waals surface area contributed by atoms with E-state index in [-0.39, 0.29) is 12.5 Å². The summed E-state index contributed by atoms with van der Waals surface area (Å²) >= 11 is 0. The molecule has 0 fully saturated rings. The van der Waals surface area contributed by atoms with E-state index in [1.165, 1.54) is 44.7 Å². The fourth-order valence-electron chi connectivity index (χ4n) is 4.50. The number of benzene rings is 3. The Balaban J connectivity index is 1.48. The maximum absolute atomic E-state index is 12.8. The third-order valence-electron chi connectivity index (χ3n) is 6.72. The van der Waals surface area contributed by atoms with Crippen molar-refractivity contribution in [2.45, 2.75) is 78.1 Å². The van der Waals surface area contributed by atoms with Gasteiger partial charge in [0, 0.05) is 12.0 Å². The highest BCUT2D eigenvalue weighted by atomic mass is 16.5. The number of amides is 2. The fourth-order valence-corrected chi connectivity index (χ4v) is 4.50. The van der Waals surface area contributed by atoms with E-state index < -0.39 is 11.9 Å². The van der Waals surface area contributed by atoms with Crippen molar-refractivity contribution in [3.05, 3.63) is 77.4 Å². The summed E-state index contributed by atoms with van der Waals surface area (Å²) in [7, 11) is 0. The van der Waals surface area contributed by atoms with Gasteiger partial charge in [0.25, 0.3) is 5.91 Å². The second-order valence-electron chi connectivity index (χ2n) is 10.1. The van der Waals surface area contributed by atoms with Gasteiger partial charge in [0.05, 0.1) is 18.3 Å². The van der Waals surface area contributed by atoms with Gasteiger partial charge in [-0.15, -0.1) is 0 Å². The molecule has 2 N–H and O–H groups in total.